The first-order valence-corrected chi connectivity index (χ1v) is 6.66. The largest absolute Gasteiger partial charge is 0.338 e. The number of nitrogens with one attached hydrogen (secondary N) is 2. The molecule has 0 bridgehead atoms. The van der Waals surface area contributed by atoms with Crippen LogP contribution >= 0.6 is 0 Å². The van der Waals surface area contributed by atoms with Crippen LogP contribution in [0.3, 0.4) is 0 Å². The molecule has 2 N–H and O–H groups in total. The summed E-state index contributed by atoms with van der Waals surface area (Å²) >= 11 is 0. The Morgan fingerprint density at radius 3 is 2.67 bits per heavy atom. The number of anilines is 1. The standard InChI is InChI=1S/C13H20N4O/c18-13(17-12-14-8-4-9-15-12)16-10-7-11-5-2-1-3-6-11/h4,8-9,11H,1-3,5-7,10H2,(H2,14,15,16,17,18). The Balaban J connectivity index is 1.62. The predicted molar refractivity (Wildman–Crippen MR) is 70.2 cm³/mol. The normalized spacial score (nSPS) is 16.2. The van der Waals surface area contributed by atoms with Crippen LogP contribution in [0.15, 0.2) is 18.5 Å². The second-order valence-corrected chi connectivity index (χ2v) is 4.75. The number of urea groups is 1. The van der Waals surface area contributed by atoms with E-state index in [-0.39, 0.29) is 6.03 Å². The van der Waals surface area contributed by atoms with Crippen molar-refractivity contribution >= 4 is 12.0 Å². The fraction of sp³-hybridized carbons (Fsp3) is 0.615. The van der Waals surface area contributed by atoms with E-state index in [1.54, 1.807) is 18.5 Å². The summed E-state index contributed by atoms with van der Waals surface area (Å²) in [6, 6.07) is 1.49. The van der Waals surface area contributed by atoms with Gasteiger partial charge in [-0.15, -0.1) is 0 Å². The topological polar surface area (TPSA) is 66.9 Å². The van der Waals surface area contributed by atoms with Crippen LogP contribution in [0.4, 0.5) is 10.7 Å². The second-order valence-electron chi connectivity index (χ2n) is 4.75. The van der Waals surface area contributed by atoms with Crippen molar-refractivity contribution in [3.8, 4) is 0 Å². The van der Waals surface area contributed by atoms with E-state index < -0.39 is 0 Å². The molecule has 98 valence electrons. The molecule has 0 atom stereocenters. The number of nitrogens with zero attached hydrogens (tertiary/aromatic N) is 2. The van der Waals surface area contributed by atoms with Gasteiger partial charge in [-0.05, 0) is 18.4 Å². The lowest BCUT2D eigenvalue weighted by atomic mass is 9.87. The molecule has 1 aliphatic carbocycles. The van der Waals surface area contributed by atoms with Gasteiger partial charge in [-0.2, -0.15) is 0 Å². The lowest BCUT2D eigenvalue weighted by molar-refractivity contribution is 0.250. The minimum absolute atomic E-state index is 0.225. The quantitative estimate of drug-likeness (QED) is 0.860. The second kappa shape index (κ2) is 6.93. The van der Waals surface area contributed by atoms with Gasteiger partial charge < -0.3 is 5.32 Å². The van der Waals surface area contributed by atoms with Crippen molar-refractivity contribution in [3.63, 3.8) is 0 Å². The minimum atomic E-state index is -0.225. The molecule has 0 aromatic carbocycles. The van der Waals surface area contributed by atoms with Gasteiger partial charge >= 0.3 is 6.03 Å². The van der Waals surface area contributed by atoms with Gasteiger partial charge in [0, 0.05) is 18.9 Å². The van der Waals surface area contributed by atoms with E-state index in [1.807, 2.05) is 0 Å². The molecule has 2 rings (SSSR count). The van der Waals surface area contributed by atoms with E-state index >= 15 is 0 Å². The zero-order chi connectivity index (χ0) is 12.6. The average molecular weight is 248 g/mol. The van der Waals surface area contributed by atoms with Crippen molar-refractivity contribution in [2.45, 2.75) is 38.5 Å². The number of hydrogen-bond donors (Lipinski definition) is 2. The lowest BCUT2D eigenvalue weighted by Gasteiger charge is -2.21. The zero-order valence-electron chi connectivity index (χ0n) is 10.6. The molecule has 1 aliphatic rings. The summed E-state index contributed by atoms with van der Waals surface area (Å²) in [6.45, 7) is 0.726. The Bertz CT molecular complexity index is 363. The summed E-state index contributed by atoms with van der Waals surface area (Å²) in [4.78, 5) is 19.4. The third kappa shape index (κ3) is 4.31. The van der Waals surface area contributed by atoms with E-state index in [0.717, 1.165) is 18.9 Å². The van der Waals surface area contributed by atoms with Crippen LogP contribution in [0.1, 0.15) is 38.5 Å². The van der Waals surface area contributed by atoms with E-state index in [1.165, 1.54) is 32.1 Å². The van der Waals surface area contributed by atoms with Crippen LogP contribution in [0.25, 0.3) is 0 Å². The molecule has 1 saturated carbocycles. The number of carbonyl (C=O) groups is 1. The Morgan fingerprint density at radius 2 is 1.94 bits per heavy atom. The molecule has 5 heteroatoms. The van der Waals surface area contributed by atoms with E-state index in [4.69, 9.17) is 0 Å². The highest BCUT2D eigenvalue weighted by Crippen LogP contribution is 2.25. The lowest BCUT2D eigenvalue weighted by Crippen LogP contribution is -2.31. The first-order valence-electron chi connectivity index (χ1n) is 6.66. The van der Waals surface area contributed by atoms with Crippen LogP contribution in [-0.4, -0.2) is 22.5 Å². The van der Waals surface area contributed by atoms with Crippen LogP contribution in [-0.2, 0) is 0 Å². The summed E-state index contributed by atoms with van der Waals surface area (Å²) in [5, 5.41) is 5.46. The van der Waals surface area contributed by atoms with Gasteiger partial charge in [0.25, 0.3) is 0 Å². The van der Waals surface area contributed by atoms with Gasteiger partial charge in [0.2, 0.25) is 5.95 Å². The van der Waals surface area contributed by atoms with Crippen molar-refractivity contribution in [3.05, 3.63) is 18.5 Å². The molecule has 0 spiro atoms. The number of amides is 2. The number of rotatable bonds is 4. The van der Waals surface area contributed by atoms with E-state index in [2.05, 4.69) is 20.6 Å². The van der Waals surface area contributed by atoms with Crippen molar-refractivity contribution in [1.29, 1.82) is 0 Å². The molecule has 0 unspecified atom stereocenters. The van der Waals surface area contributed by atoms with E-state index in [9.17, 15) is 4.79 Å². The van der Waals surface area contributed by atoms with Gasteiger partial charge in [0.1, 0.15) is 0 Å². The van der Waals surface area contributed by atoms with E-state index in [0.29, 0.717) is 5.95 Å². The minimum Gasteiger partial charge on any atom is -0.338 e. The Labute approximate surface area is 107 Å². The van der Waals surface area contributed by atoms with Gasteiger partial charge in [-0.1, -0.05) is 32.1 Å². The third-order valence-electron chi connectivity index (χ3n) is 3.35. The SMILES string of the molecule is O=C(NCCC1CCCCC1)Nc1ncccn1. The summed E-state index contributed by atoms with van der Waals surface area (Å²) in [5.41, 5.74) is 0. The third-order valence-corrected chi connectivity index (χ3v) is 3.35. The first kappa shape index (κ1) is 12.8. The van der Waals surface area contributed by atoms with Crippen LogP contribution < -0.4 is 10.6 Å². The summed E-state index contributed by atoms with van der Waals surface area (Å²) in [7, 11) is 0. The Kier molecular flexibility index (Phi) is 4.93. The fourth-order valence-electron chi connectivity index (χ4n) is 2.38. The van der Waals surface area contributed by atoms with Crippen LogP contribution in [0, 0.1) is 5.92 Å². The Hall–Kier alpha value is -1.65. The maximum absolute atomic E-state index is 11.6. The fourth-order valence-corrected chi connectivity index (χ4v) is 2.38. The maximum Gasteiger partial charge on any atom is 0.321 e. The summed E-state index contributed by atoms with van der Waals surface area (Å²) in [5.74, 6) is 1.12. The average Bonchev–Trinajstić information content (AvgIpc) is 2.41. The molecule has 1 fully saturated rings. The highest BCUT2D eigenvalue weighted by molar-refractivity contribution is 5.87. The zero-order valence-corrected chi connectivity index (χ0v) is 10.6. The van der Waals surface area contributed by atoms with Crippen molar-refractivity contribution in [2.75, 3.05) is 11.9 Å². The molecule has 2 amide bonds. The highest BCUT2D eigenvalue weighted by atomic mass is 16.2. The molecule has 0 radical (unpaired) electrons. The monoisotopic (exact) mass is 248 g/mol. The van der Waals surface area contributed by atoms with Crippen molar-refractivity contribution in [1.82, 2.24) is 15.3 Å². The predicted octanol–water partition coefficient (Wildman–Crippen LogP) is 2.57. The van der Waals surface area contributed by atoms with Gasteiger partial charge in [-0.3, -0.25) is 5.32 Å². The molecule has 18 heavy (non-hydrogen) atoms. The number of hydrogen-bond acceptors (Lipinski definition) is 3. The van der Waals surface area contributed by atoms with Gasteiger partial charge in [0.15, 0.2) is 0 Å². The molecule has 5 nitrogen and oxygen atoms in total. The molecule has 0 saturated heterocycles. The Morgan fingerprint density at radius 1 is 1.22 bits per heavy atom. The van der Waals surface area contributed by atoms with Gasteiger partial charge in [-0.25, -0.2) is 14.8 Å². The molecule has 1 aromatic heterocycles. The highest BCUT2D eigenvalue weighted by Gasteiger charge is 2.13. The van der Waals surface area contributed by atoms with Crippen molar-refractivity contribution < 1.29 is 4.79 Å². The molecule has 1 heterocycles. The molecular weight excluding hydrogens is 228 g/mol. The first-order chi connectivity index (χ1) is 8.84. The molecule has 1 aromatic rings. The maximum atomic E-state index is 11.6. The smallest absolute Gasteiger partial charge is 0.321 e. The molecule has 0 aliphatic heterocycles. The molecular formula is C13H20N4O. The summed E-state index contributed by atoms with van der Waals surface area (Å²) < 4.78 is 0. The number of carbonyl (C=O) groups excluding carboxylic acids is 1. The van der Waals surface area contributed by atoms with Gasteiger partial charge in [0.05, 0.1) is 0 Å². The number of aromatic nitrogens is 2. The van der Waals surface area contributed by atoms with Crippen molar-refractivity contribution in [2.24, 2.45) is 5.92 Å². The van der Waals surface area contributed by atoms with Crippen LogP contribution in [0.5, 0.6) is 0 Å². The summed E-state index contributed by atoms with van der Waals surface area (Å²) in [6.07, 6.45) is 11.0. The van der Waals surface area contributed by atoms with Crippen LogP contribution in [0.2, 0.25) is 0 Å².